The number of methoxy groups -OCH3 is 2. The molecule has 1 heterocycles. The molecule has 2 atom stereocenters. The van der Waals surface area contributed by atoms with Crippen molar-refractivity contribution in [2.24, 2.45) is 11.8 Å². The second-order valence-corrected chi connectivity index (χ2v) is 3.98. The molecule has 0 saturated carbocycles. The Morgan fingerprint density at radius 2 is 1.79 bits per heavy atom. The minimum absolute atomic E-state index is 0.331. The Hall–Kier alpha value is -2.37. The Morgan fingerprint density at radius 3 is 2.32 bits per heavy atom. The van der Waals surface area contributed by atoms with E-state index < -0.39 is 29.6 Å². The molecule has 0 amide bonds. The van der Waals surface area contributed by atoms with Gasteiger partial charge in [-0.2, -0.15) is 0 Å². The summed E-state index contributed by atoms with van der Waals surface area (Å²) in [6, 6.07) is 3.23. The molecule has 0 saturated heterocycles. The third-order valence-corrected chi connectivity index (χ3v) is 2.99. The van der Waals surface area contributed by atoms with Gasteiger partial charge in [-0.1, -0.05) is 0 Å². The van der Waals surface area contributed by atoms with Gasteiger partial charge in [-0.25, -0.2) is 0 Å². The van der Waals surface area contributed by atoms with Crippen LogP contribution >= 0.6 is 0 Å². The predicted molar refractivity (Wildman–Crippen MR) is 62.7 cm³/mol. The molecule has 6 nitrogen and oxygen atoms in total. The summed E-state index contributed by atoms with van der Waals surface area (Å²) in [4.78, 5) is 35.4. The van der Waals surface area contributed by atoms with Crippen LogP contribution in [0.1, 0.15) is 5.76 Å². The van der Waals surface area contributed by atoms with Gasteiger partial charge in [0.15, 0.2) is 5.78 Å². The number of carbonyl (C=O) groups is 3. The molecule has 0 fully saturated rings. The number of rotatable bonds is 3. The molecule has 0 unspecified atom stereocenters. The Morgan fingerprint density at radius 1 is 1.16 bits per heavy atom. The van der Waals surface area contributed by atoms with Crippen molar-refractivity contribution in [2.75, 3.05) is 14.2 Å². The first-order chi connectivity index (χ1) is 9.10. The fourth-order valence-electron chi connectivity index (χ4n) is 2.11. The van der Waals surface area contributed by atoms with Gasteiger partial charge < -0.3 is 13.9 Å². The highest BCUT2D eigenvalue weighted by molar-refractivity contribution is 6.18. The lowest BCUT2D eigenvalue weighted by Crippen LogP contribution is -2.33. The minimum atomic E-state index is -1.21. The summed E-state index contributed by atoms with van der Waals surface area (Å²) in [6.45, 7) is 0. The van der Waals surface area contributed by atoms with E-state index in [2.05, 4.69) is 9.47 Å². The fourth-order valence-corrected chi connectivity index (χ4v) is 2.11. The Balaban J connectivity index is 2.43. The number of esters is 2. The number of ether oxygens (including phenoxy) is 2. The molecular weight excluding hydrogens is 252 g/mol. The smallest absolute Gasteiger partial charge is 0.317 e. The molecule has 2 rings (SSSR count). The Labute approximate surface area is 109 Å². The summed E-state index contributed by atoms with van der Waals surface area (Å²) in [7, 11) is 2.36. The molecule has 0 aromatic carbocycles. The van der Waals surface area contributed by atoms with Crippen molar-refractivity contribution in [3.63, 3.8) is 0 Å². The number of carbonyl (C=O) groups excluding carboxylic acids is 3. The second-order valence-electron chi connectivity index (χ2n) is 3.98. The molecule has 1 aromatic heterocycles. The van der Waals surface area contributed by atoms with Gasteiger partial charge in [0.05, 0.1) is 20.5 Å². The third kappa shape index (κ3) is 2.16. The first kappa shape index (κ1) is 13.1. The summed E-state index contributed by atoms with van der Waals surface area (Å²) in [6.07, 6.45) is 2.64. The largest absolute Gasteiger partial charge is 0.469 e. The normalized spacial score (nSPS) is 22.0. The molecule has 100 valence electrons. The Kier molecular flexibility index (Phi) is 3.50. The monoisotopic (exact) mass is 264 g/mol. The van der Waals surface area contributed by atoms with E-state index in [1.807, 2.05) is 0 Å². The highest BCUT2D eigenvalue weighted by atomic mass is 16.5. The Bertz CT molecular complexity index is 539. The lowest BCUT2D eigenvalue weighted by atomic mass is 9.89. The van der Waals surface area contributed by atoms with Crippen molar-refractivity contribution in [2.45, 2.75) is 0 Å². The van der Waals surface area contributed by atoms with E-state index in [0.29, 0.717) is 11.3 Å². The fraction of sp³-hybridized carbons (Fsp3) is 0.308. The molecule has 0 N–H and O–H groups in total. The molecule has 6 heteroatoms. The third-order valence-electron chi connectivity index (χ3n) is 2.99. The van der Waals surface area contributed by atoms with E-state index in [0.717, 1.165) is 7.11 Å². The lowest BCUT2D eigenvalue weighted by molar-refractivity contribution is -0.156. The molecule has 0 bridgehead atoms. The van der Waals surface area contributed by atoms with Crippen LogP contribution in [-0.4, -0.2) is 31.9 Å². The van der Waals surface area contributed by atoms with Gasteiger partial charge in [0.1, 0.15) is 17.6 Å². The van der Waals surface area contributed by atoms with Crippen molar-refractivity contribution in [3.05, 3.63) is 30.2 Å². The molecule has 0 aliphatic heterocycles. The van der Waals surface area contributed by atoms with E-state index >= 15 is 0 Å². The first-order valence-electron chi connectivity index (χ1n) is 5.55. The quantitative estimate of drug-likeness (QED) is 0.594. The molecule has 1 aliphatic carbocycles. The number of hydrogen-bond acceptors (Lipinski definition) is 6. The zero-order valence-corrected chi connectivity index (χ0v) is 10.4. The standard InChI is InChI=1S/C13H12O6/c1-17-12(15)10-7(9-4-3-5-19-9)6-8(14)11(10)13(16)18-2/h3-6,10-11H,1-2H3/t10-,11+/m0/s1. The molecule has 19 heavy (non-hydrogen) atoms. The molecule has 1 aliphatic rings. The average Bonchev–Trinajstić information content (AvgIpc) is 3.03. The van der Waals surface area contributed by atoms with E-state index in [1.165, 1.54) is 19.4 Å². The van der Waals surface area contributed by atoms with Crippen LogP contribution in [0.2, 0.25) is 0 Å². The van der Waals surface area contributed by atoms with Gasteiger partial charge in [-0.05, 0) is 18.2 Å². The lowest BCUT2D eigenvalue weighted by Gasteiger charge is -2.16. The molecule has 1 aromatic rings. The van der Waals surface area contributed by atoms with Crippen LogP contribution in [0.4, 0.5) is 0 Å². The summed E-state index contributed by atoms with van der Waals surface area (Å²) >= 11 is 0. The molecule has 0 spiro atoms. The van der Waals surface area contributed by atoms with E-state index in [1.54, 1.807) is 12.1 Å². The zero-order valence-electron chi connectivity index (χ0n) is 10.4. The van der Waals surface area contributed by atoms with Crippen LogP contribution < -0.4 is 0 Å². The van der Waals surface area contributed by atoms with Crippen LogP contribution in [-0.2, 0) is 23.9 Å². The van der Waals surface area contributed by atoms with Gasteiger partial charge in [-0.15, -0.1) is 0 Å². The van der Waals surface area contributed by atoms with E-state index in [4.69, 9.17) is 4.42 Å². The van der Waals surface area contributed by atoms with Crippen LogP contribution in [0.15, 0.2) is 28.9 Å². The number of ketones is 1. The van der Waals surface area contributed by atoms with Gasteiger partial charge in [0.25, 0.3) is 0 Å². The van der Waals surface area contributed by atoms with Crippen molar-refractivity contribution in [1.29, 1.82) is 0 Å². The summed E-state index contributed by atoms with van der Waals surface area (Å²) < 4.78 is 14.4. The zero-order chi connectivity index (χ0) is 14.0. The maximum atomic E-state index is 11.9. The van der Waals surface area contributed by atoms with Gasteiger partial charge >= 0.3 is 11.9 Å². The van der Waals surface area contributed by atoms with Crippen LogP contribution in [0.5, 0.6) is 0 Å². The maximum Gasteiger partial charge on any atom is 0.317 e. The van der Waals surface area contributed by atoms with Gasteiger partial charge in [0, 0.05) is 5.57 Å². The van der Waals surface area contributed by atoms with Crippen molar-refractivity contribution >= 4 is 23.3 Å². The topological polar surface area (TPSA) is 82.8 Å². The van der Waals surface area contributed by atoms with E-state index in [9.17, 15) is 14.4 Å². The van der Waals surface area contributed by atoms with Crippen LogP contribution in [0.25, 0.3) is 5.57 Å². The summed E-state index contributed by atoms with van der Waals surface area (Å²) in [5.41, 5.74) is 0.331. The predicted octanol–water partition coefficient (Wildman–Crippen LogP) is 0.824. The highest BCUT2D eigenvalue weighted by Gasteiger charge is 2.48. The molecular formula is C13H12O6. The minimum Gasteiger partial charge on any atom is -0.469 e. The van der Waals surface area contributed by atoms with Gasteiger partial charge in [-0.3, -0.25) is 14.4 Å². The van der Waals surface area contributed by atoms with Crippen molar-refractivity contribution < 1.29 is 28.3 Å². The number of hydrogen-bond donors (Lipinski definition) is 0. The maximum absolute atomic E-state index is 11.9. The number of allylic oxidation sites excluding steroid dienone is 1. The average molecular weight is 264 g/mol. The second kappa shape index (κ2) is 5.09. The van der Waals surface area contributed by atoms with E-state index in [-0.39, 0.29) is 0 Å². The summed E-state index contributed by atoms with van der Waals surface area (Å²) in [5.74, 6) is -3.82. The first-order valence-corrected chi connectivity index (χ1v) is 5.55. The number of furan rings is 1. The highest BCUT2D eigenvalue weighted by Crippen LogP contribution is 2.38. The molecule has 0 radical (unpaired) electrons. The van der Waals surface area contributed by atoms with Crippen molar-refractivity contribution in [3.8, 4) is 0 Å². The van der Waals surface area contributed by atoms with Crippen LogP contribution in [0.3, 0.4) is 0 Å². The summed E-state index contributed by atoms with van der Waals surface area (Å²) in [5, 5.41) is 0. The van der Waals surface area contributed by atoms with Crippen LogP contribution in [0, 0.1) is 11.8 Å². The van der Waals surface area contributed by atoms with Gasteiger partial charge in [0.2, 0.25) is 0 Å². The van der Waals surface area contributed by atoms with Crippen molar-refractivity contribution in [1.82, 2.24) is 0 Å². The SMILES string of the molecule is COC(=O)[C@@H]1C(=O)C=C(c2ccco2)[C@@H]1C(=O)OC.